The second-order valence-corrected chi connectivity index (χ2v) is 7.08. The fraction of sp³-hybridized carbons (Fsp3) is 0.250. The number of hydrogen-bond acceptors (Lipinski definition) is 5. The Kier molecular flexibility index (Phi) is 3.62. The summed E-state index contributed by atoms with van der Waals surface area (Å²) >= 11 is 7.47. The van der Waals surface area contributed by atoms with Crippen LogP contribution in [-0.2, 0) is 13.5 Å². The minimum Gasteiger partial charge on any atom is -0.272 e. The van der Waals surface area contributed by atoms with Gasteiger partial charge in [0.2, 0.25) is 4.96 Å². The molecule has 0 fully saturated rings. The van der Waals surface area contributed by atoms with Crippen LogP contribution in [-0.4, -0.2) is 29.6 Å². The fourth-order valence-corrected chi connectivity index (χ4v) is 3.87. The van der Waals surface area contributed by atoms with E-state index in [0.29, 0.717) is 6.42 Å². The van der Waals surface area contributed by atoms with Crippen LogP contribution in [0.3, 0.4) is 0 Å². The first-order valence-electron chi connectivity index (χ1n) is 7.49. The first-order valence-corrected chi connectivity index (χ1v) is 8.68. The zero-order valence-electron chi connectivity index (χ0n) is 13.5. The zero-order chi connectivity index (χ0) is 16.8. The highest BCUT2D eigenvalue weighted by molar-refractivity contribution is 7.19. The summed E-state index contributed by atoms with van der Waals surface area (Å²) in [5, 5.41) is 19.4. The molecule has 4 aromatic rings. The minimum atomic E-state index is 0.659. The van der Waals surface area contributed by atoms with E-state index in [-0.39, 0.29) is 0 Å². The molecule has 0 aliphatic rings. The van der Waals surface area contributed by atoms with Crippen LogP contribution in [0.1, 0.15) is 22.8 Å². The standard InChI is InChI=1S/C16H15ClN6S/c1-9-14(10(2)22(3)20-9)15-21-23-13(18-19-16(23)24-15)8-11-4-6-12(17)7-5-11/h4-7H,8H2,1-3H3. The first-order chi connectivity index (χ1) is 11.5. The first kappa shape index (κ1) is 15.3. The van der Waals surface area contributed by atoms with Crippen molar-refractivity contribution in [2.24, 2.45) is 7.05 Å². The van der Waals surface area contributed by atoms with E-state index in [2.05, 4.69) is 15.3 Å². The second-order valence-electron chi connectivity index (χ2n) is 5.69. The summed E-state index contributed by atoms with van der Waals surface area (Å²) in [4.78, 5) is 0.789. The molecule has 3 aromatic heterocycles. The van der Waals surface area contributed by atoms with Crippen LogP contribution in [0, 0.1) is 13.8 Å². The Labute approximate surface area is 147 Å². The lowest BCUT2D eigenvalue weighted by Gasteiger charge is -1.99. The van der Waals surface area contributed by atoms with Gasteiger partial charge >= 0.3 is 0 Å². The molecule has 0 aliphatic carbocycles. The Morgan fingerprint density at radius 2 is 1.83 bits per heavy atom. The number of aryl methyl sites for hydroxylation is 2. The van der Waals surface area contributed by atoms with Crippen molar-refractivity contribution in [1.29, 1.82) is 0 Å². The number of nitrogens with zero attached hydrogens (tertiary/aromatic N) is 6. The Morgan fingerprint density at radius 1 is 1.08 bits per heavy atom. The molecule has 0 radical (unpaired) electrons. The van der Waals surface area contributed by atoms with Gasteiger partial charge in [-0.3, -0.25) is 4.68 Å². The van der Waals surface area contributed by atoms with Crippen molar-refractivity contribution < 1.29 is 0 Å². The summed E-state index contributed by atoms with van der Waals surface area (Å²) in [6.45, 7) is 4.05. The summed E-state index contributed by atoms with van der Waals surface area (Å²) in [7, 11) is 1.94. The van der Waals surface area contributed by atoms with Crippen molar-refractivity contribution in [2.75, 3.05) is 0 Å². The van der Waals surface area contributed by atoms with Crippen LogP contribution in [0.2, 0.25) is 5.02 Å². The molecule has 8 heteroatoms. The van der Waals surface area contributed by atoms with E-state index in [1.165, 1.54) is 11.3 Å². The summed E-state index contributed by atoms with van der Waals surface area (Å²) in [6, 6.07) is 7.74. The molecule has 1 aromatic carbocycles. The van der Waals surface area contributed by atoms with Gasteiger partial charge in [0, 0.05) is 24.2 Å². The number of halogens is 1. The zero-order valence-corrected chi connectivity index (χ0v) is 15.1. The van der Waals surface area contributed by atoms with Gasteiger partial charge in [0.25, 0.3) is 0 Å². The number of fused-ring (bicyclic) bond motifs is 1. The van der Waals surface area contributed by atoms with Crippen LogP contribution in [0.4, 0.5) is 0 Å². The van der Waals surface area contributed by atoms with Crippen molar-refractivity contribution in [3.05, 3.63) is 52.1 Å². The largest absolute Gasteiger partial charge is 0.272 e. The van der Waals surface area contributed by atoms with E-state index in [9.17, 15) is 0 Å². The van der Waals surface area contributed by atoms with Gasteiger partial charge in [0.05, 0.1) is 11.3 Å². The van der Waals surface area contributed by atoms with Crippen LogP contribution in [0.25, 0.3) is 15.5 Å². The Balaban J connectivity index is 1.74. The van der Waals surface area contributed by atoms with Crippen molar-refractivity contribution in [3.8, 4) is 10.6 Å². The lowest BCUT2D eigenvalue weighted by Crippen LogP contribution is -1.98. The van der Waals surface area contributed by atoms with E-state index in [1.54, 1.807) is 0 Å². The maximum absolute atomic E-state index is 5.94. The number of aromatic nitrogens is 6. The normalized spacial score (nSPS) is 11.5. The van der Waals surface area contributed by atoms with Gasteiger partial charge in [-0.25, -0.2) is 0 Å². The quantitative estimate of drug-likeness (QED) is 0.562. The summed E-state index contributed by atoms with van der Waals surface area (Å²) in [5.74, 6) is 0.814. The highest BCUT2D eigenvalue weighted by atomic mass is 35.5. The van der Waals surface area contributed by atoms with Crippen LogP contribution >= 0.6 is 22.9 Å². The van der Waals surface area contributed by atoms with Crippen molar-refractivity contribution >= 4 is 27.9 Å². The monoisotopic (exact) mass is 358 g/mol. The highest BCUT2D eigenvalue weighted by Crippen LogP contribution is 2.30. The van der Waals surface area contributed by atoms with Gasteiger partial charge < -0.3 is 0 Å². The third-order valence-corrected chi connectivity index (χ3v) is 5.22. The van der Waals surface area contributed by atoms with Crippen molar-refractivity contribution in [2.45, 2.75) is 20.3 Å². The molecule has 0 bridgehead atoms. The average Bonchev–Trinajstić information content (AvgIpc) is 3.17. The molecule has 0 atom stereocenters. The number of benzene rings is 1. The van der Waals surface area contributed by atoms with E-state index >= 15 is 0 Å². The Bertz CT molecular complexity index is 1030. The maximum Gasteiger partial charge on any atom is 0.234 e. The van der Waals surface area contributed by atoms with Gasteiger partial charge in [-0.1, -0.05) is 35.1 Å². The van der Waals surface area contributed by atoms with Crippen molar-refractivity contribution in [1.82, 2.24) is 29.6 Å². The van der Waals surface area contributed by atoms with E-state index in [4.69, 9.17) is 16.7 Å². The number of hydrogen-bond donors (Lipinski definition) is 0. The average molecular weight is 359 g/mol. The molecule has 0 saturated carbocycles. The van der Waals surface area contributed by atoms with Crippen LogP contribution in [0.15, 0.2) is 24.3 Å². The van der Waals surface area contributed by atoms with Gasteiger partial charge in [-0.15, -0.1) is 10.2 Å². The second kappa shape index (κ2) is 5.68. The van der Waals surface area contributed by atoms with E-state index < -0.39 is 0 Å². The van der Waals surface area contributed by atoms with E-state index in [1.807, 2.05) is 54.4 Å². The molecule has 0 spiro atoms. The molecule has 0 N–H and O–H groups in total. The van der Waals surface area contributed by atoms with Crippen LogP contribution < -0.4 is 0 Å². The topological polar surface area (TPSA) is 60.9 Å². The van der Waals surface area contributed by atoms with Gasteiger partial charge in [-0.2, -0.15) is 14.7 Å². The number of rotatable bonds is 3. The van der Waals surface area contributed by atoms with Gasteiger partial charge in [-0.05, 0) is 31.5 Å². The molecule has 24 heavy (non-hydrogen) atoms. The summed E-state index contributed by atoms with van der Waals surface area (Å²) in [6.07, 6.45) is 0.659. The summed E-state index contributed by atoms with van der Waals surface area (Å²) in [5.41, 5.74) is 4.26. The molecule has 0 aliphatic heterocycles. The molecule has 6 nitrogen and oxygen atoms in total. The van der Waals surface area contributed by atoms with Gasteiger partial charge in [0.15, 0.2) is 10.8 Å². The molecule has 0 unspecified atom stereocenters. The Morgan fingerprint density at radius 3 is 2.50 bits per heavy atom. The molecule has 0 saturated heterocycles. The molecular weight excluding hydrogens is 344 g/mol. The molecule has 0 amide bonds. The fourth-order valence-electron chi connectivity index (χ4n) is 2.74. The molecule has 3 heterocycles. The third-order valence-electron chi connectivity index (χ3n) is 4.05. The van der Waals surface area contributed by atoms with Gasteiger partial charge in [0.1, 0.15) is 0 Å². The van der Waals surface area contributed by atoms with E-state index in [0.717, 1.165) is 43.3 Å². The molecular formula is C16H15ClN6S. The lowest BCUT2D eigenvalue weighted by molar-refractivity contribution is 0.731. The summed E-state index contributed by atoms with van der Waals surface area (Å²) < 4.78 is 3.70. The smallest absolute Gasteiger partial charge is 0.234 e. The lowest BCUT2D eigenvalue weighted by atomic mass is 10.1. The SMILES string of the molecule is Cc1nn(C)c(C)c1-c1nn2c(Cc3ccc(Cl)cc3)nnc2s1. The Hall–Kier alpha value is -2.25. The predicted molar refractivity (Wildman–Crippen MR) is 94.6 cm³/mol. The minimum absolute atomic E-state index is 0.659. The van der Waals surface area contributed by atoms with Crippen molar-refractivity contribution in [3.63, 3.8) is 0 Å². The molecule has 4 rings (SSSR count). The third kappa shape index (κ3) is 2.50. The predicted octanol–water partition coefficient (Wildman–Crippen LogP) is 3.45. The molecule has 122 valence electrons. The maximum atomic E-state index is 5.94. The highest BCUT2D eigenvalue weighted by Gasteiger charge is 2.19. The van der Waals surface area contributed by atoms with Crippen LogP contribution in [0.5, 0.6) is 0 Å².